The number of ether oxygens (including phenoxy) is 2. The molecular weight excluding hydrogens is 246 g/mol. The van der Waals surface area contributed by atoms with Crippen molar-refractivity contribution in [3.63, 3.8) is 0 Å². The van der Waals surface area contributed by atoms with Crippen molar-refractivity contribution in [3.8, 4) is 0 Å². The number of nitrogens with zero attached hydrogens (tertiary/aromatic N) is 1. The van der Waals surface area contributed by atoms with E-state index in [2.05, 4.69) is 0 Å². The van der Waals surface area contributed by atoms with Gasteiger partial charge in [-0.1, -0.05) is 30.3 Å². The lowest BCUT2D eigenvalue weighted by Gasteiger charge is -2.22. The summed E-state index contributed by atoms with van der Waals surface area (Å²) in [6.07, 6.45) is 0.122. The molecule has 1 unspecified atom stereocenters. The van der Waals surface area contributed by atoms with Crippen molar-refractivity contribution in [2.75, 3.05) is 26.8 Å². The Labute approximate surface area is 112 Å². The maximum Gasteiger partial charge on any atom is 0.410 e. The molecule has 1 aliphatic heterocycles. The zero-order valence-corrected chi connectivity index (χ0v) is 11.0. The van der Waals surface area contributed by atoms with Crippen LogP contribution in [0.15, 0.2) is 30.3 Å². The van der Waals surface area contributed by atoms with Gasteiger partial charge in [0.1, 0.15) is 12.2 Å². The predicted octanol–water partition coefficient (Wildman–Crippen LogP) is 1.41. The van der Waals surface area contributed by atoms with E-state index in [-0.39, 0.29) is 19.8 Å². The van der Waals surface area contributed by atoms with E-state index >= 15 is 0 Å². The fourth-order valence-electron chi connectivity index (χ4n) is 2.21. The van der Waals surface area contributed by atoms with Gasteiger partial charge in [0.05, 0.1) is 13.2 Å². The molecule has 0 bridgehead atoms. The molecule has 1 aliphatic rings. The number of amides is 1. The Kier molecular flexibility index (Phi) is 4.39. The minimum Gasteiger partial charge on any atom is -0.445 e. The number of rotatable bonds is 4. The molecule has 1 amide bonds. The highest BCUT2D eigenvalue weighted by molar-refractivity contribution is 5.68. The van der Waals surface area contributed by atoms with Crippen LogP contribution in [0.3, 0.4) is 0 Å². The largest absolute Gasteiger partial charge is 0.445 e. The molecule has 0 radical (unpaired) electrons. The van der Waals surface area contributed by atoms with Gasteiger partial charge in [0, 0.05) is 13.7 Å². The first-order chi connectivity index (χ1) is 9.13. The van der Waals surface area contributed by atoms with Crippen LogP contribution in [0.2, 0.25) is 0 Å². The molecule has 1 fully saturated rings. The summed E-state index contributed by atoms with van der Waals surface area (Å²) >= 11 is 0. The molecule has 1 aromatic rings. The molecule has 1 heterocycles. The molecule has 1 atom stereocenters. The van der Waals surface area contributed by atoms with E-state index in [0.717, 1.165) is 5.56 Å². The van der Waals surface area contributed by atoms with Gasteiger partial charge in [-0.2, -0.15) is 0 Å². The first kappa shape index (κ1) is 13.8. The fourth-order valence-corrected chi connectivity index (χ4v) is 2.21. The second kappa shape index (κ2) is 6.04. The Morgan fingerprint density at radius 1 is 1.42 bits per heavy atom. The molecule has 0 spiro atoms. The standard InChI is InChI=1S/C14H19NO4/c1-18-11-14(17)7-8-15(10-14)13(16)19-9-12-5-3-2-4-6-12/h2-6,17H,7-11H2,1H3. The number of methoxy groups -OCH3 is 1. The minimum atomic E-state index is -0.944. The highest BCUT2D eigenvalue weighted by Crippen LogP contribution is 2.22. The Balaban J connectivity index is 1.82. The smallest absolute Gasteiger partial charge is 0.410 e. The normalized spacial score (nSPS) is 22.5. The number of benzene rings is 1. The summed E-state index contributed by atoms with van der Waals surface area (Å²) in [5.41, 5.74) is 0.00255. The second-order valence-electron chi connectivity index (χ2n) is 4.87. The van der Waals surface area contributed by atoms with Crippen molar-refractivity contribution < 1.29 is 19.4 Å². The lowest BCUT2D eigenvalue weighted by Crippen LogP contribution is -2.39. The lowest BCUT2D eigenvalue weighted by molar-refractivity contribution is -0.0227. The van der Waals surface area contributed by atoms with Gasteiger partial charge in [-0.25, -0.2) is 4.79 Å². The molecule has 1 aromatic carbocycles. The van der Waals surface area contributed by atoms with Gasteiger partial charge in [0.25, 0.3) is 0 Å². The monoisotopic (exact) mass is 265 g/mol. The van der Waals surface area contributed by atoms with E-state index in [9.17, 15) is 9.90 Å². The van der Waals surface area contributed by atoms with Crippen LogP contribution in [0, 0.1) is 0 Å². The fraction of sp³-hybridized carbons (Fsp3) is 0.500. The van der Waals surface area contributed by atoms with E-state index in [1.165, 1.54) is 12.0 Å². The molecule has 1 saturated heterocycles. The van der Waals surface area contributed by atoms with E-state index in [1.807, 2.05) is 30.3 Å². The zero-order chi connectivity index (χ0) is 13.7. The Bertz CT molecular complexity index is 423. The zero-order valence-electron chi connectivity index (χ0n) is 11.0. The van der Waals surface area contributed by atoms with Gasteiger partial charge in [0.2, 0.25) is 0 Å². The average Bonchev–Trinajstić information content (AvgIpc) is 2.80. The van der Waals surface area contributed by atoms with Crippen LogP contribution in [0.5, 0.6) is 0 Å². The average molecular weight is 265 g/mol. The lowest BCUT2D eigenvalue weighted by atomic mass is 10.1. The third-order valence-corrected chi connectivity index (χ3v) is 3.21. The van der Waals surface area contributed by atoms with Gasteiger partial charge in [0.15, 0.2) is 0 Å². The van der Waals surface area contributed by atoms with E-state index in [4.69, 9.17) is 9.47 Å². The summed E-state index contributed by atoms with van der Waals surface area (Å²) in [5.74, 6) is 0. The predicted molar refractivity (Wildman–Crippen MR) is 69.6 cm³/mol. The van der Waals surface area contributed by atoms with Crippen LogP contribution >= 0.6 is 0 Å². The van der Waals surface area contributed by atoms with Crippen molar-refractivity contribution in [3.05, 3.63) is 35.9 Å². The van der Waals surface area contributed by atoms with Gasteiger partial charge in [-0.3, -0.25) is 0 Å². The van der Waals surface area contributed by atoms with Crippen LogP contribution in [0.25, 0.3) is 0 Å². The Morgan fingerprint density at radius 3 is 2.84 bits per heavy atom. The van der Waals surface area contributed by atoms with Crippen molar-refractivity contribution in [2.24, 2.45) is 0 Å². The number of hydrogen-bond donors (Lipinski definition) is 1. The summed E-state index contributed by atoms with van der Waals surface area (Å²) in [6.45, 7) is 1.23. The third kappa shape index (κ3) is 3.68. The van der Waals surface area contributed by atoms with Crippen LogP contribution in [-0.4, -0.2) is 48.5 Å². The quantitative estimate of drug-likeness (QED) is 0.894. The topological polar surface area (TPSA) is 59.0 Å². The number of carbonyl (C=O) groups is 1. The molecule has 104 valence electrons. The minimum absolute atomic E-state index is 0.232. The van der Waals surface area contributed by atoms with Crippen LogP contribution in [0.1, 0.15) is 12.0 Å². The first-order valence-electron chi connectivity index (χ1n) is 6.30. The summed E-state index contributed by atoms with van der Waals surface area (Å²) in [7, 11) is 1.54. The molecule has 1 N–H and O–H groups in total. The van der Waals surface area contributed by atoms with Crippen LogP contribution in [-0.2, 0) is 16.1 Å². The van der Waals surface area contributed by atoms with Crippen molar-refractivity contribution in [1.82, 2.24) is 4.90 Å². The van der Waals surface area contributed by atoms with Crippen molar-refractivity contribution >= 4 is 6.09 Å². The van der Waals surface area contributed by atoms with Crippen molar-refractivity contribution in [2.45, 2.75) is 18.6 Å². The summed E-state index contributed by atoms with van der Waals surface area (Å²) < 4.78 is 10.2. The number of β-amino-alcohol motifs (C(OH)–C–C–N with tert-alkyl or cyclic N) is 1. The van der Waals surface area contributed by atoms with Gasteiger partial charge in [-0.15, -0.1) is 0 Å². The molecular formula is C14H19NO4. The number of aliphatic hydroxyl groups is 1. The van der Waals surface area contributed by atoms with Crippen molar-refractivity contribution in [1.29, 1.82) is 0 Å². The molecule has 19 heavy (non-hydrogen) atoms. The van der Waals surface area contributed by atoms with E-state index in [1.54, 1.807) is 0 Å². The van der Waals surface area contributed by atoms with Gasteiger partial charge < -0.3 is 19.5 Å². The molecule has 0 aromatic heterocycles. The first-order valence-corrected chi connectivity index (χ1v) is 6.30. The number of likely N-dealkylation sites (tertiary alicyclic amines) is 1. The maximum absolute atomic E-state index is 11.9. The SMILES string of the molecule is COCC1(O)CCN(C(=O)OCc2ccccc2)C1. The maximum atomic E-state index is 11.9. The van der Waals surface area contributed by atoms with E-state index in [0.29, 0.717) is 13.0 Å². The van der Waals surface area contributed by atoms with E-state index < -0.39 is 11.7 Å². The number of hydrogen-bond acceptors (Lipinski definition) is 4. The molecule has 2 rings (SSSR count). The van der Waals surface area contributed by atoms with Gasteiger partial charge >= 0.3 is 6.09 Å². The van der Waals surface area contributed by atoms with Crippen LogP contribution < -0.4 is 0 Å². The summed E-state index contributed by atoms with van der Waals surface area (Å²) in [4.78, 5) is 13.4. The van der Waals surface area contributed by atoms with Crippen LogP contribution in [0.4, 0.5) is 4.79 Å². The van der Waals surface area contributed by atoms with Gasteiger partial charge in [-0.05, 0) is 12.0 Å². The Hall–Kier alpha value is -1.59. The summed E-state index contributed by atoms with van der Waals surface area (Å²) in [5, 5.41) is 10.1. The summed E-state index contributed by atoms with van der Waals surface area (Å²) in [6, 6.07) is 9.51. The highest BCUT2D eigenvalue weighted by atomic mass is 16.6. The second-order valence-corrected chi connectivity index (χ2v) is 4.87. The molecule has 0 saturated carbocycles. The molecule has 5 nitrogen and oxygen atoms in total. The number of carbonyl (C=O) groups excluding carboxylic acids is 1. The third-order valence-electron chi connectivity index (χ3n) is 3.21. The molecule has 0 aliphatic carbocycles. The molecule has 5 heteroatoms. The Morgan fingerprint density at radius 2 is 2.16 bits per heavy atom. The highest BCUT2D eigenvalue weighted by Gasteiger charge is 2.38.